The summed E-state index contributed by atoms with van der Waals surface area (Å²) >= 11 is 0. The zero-order valence-corrected chi connectivity index (χ0v) is 17.0. The first-order chi connectivity index (χ1) is 14.2. The van der Waals surface area contributed by atoms with E-state index in [2.05, 4.69) is 22.3 Å². The minimum Gasteiger partial charge on any atom is -0.491 e. The van der Waals surface area contributed by atoms with Crippen molar-refractivity contribution in [2.45, 2.75) is 32.6 Å². The Morgan fingerprint density at radius 3 is 2.69 bits per heavy atom. The fraction of sp³-hybridized carbons (Fsp3) is 0.435. The van der Waals surface area contributed by atoms with Gasteiger partial charge in [-0.05, 0) is 30.2 Å². The van der Waals surface area contributed by atoms with E-state index in [0.29, 0.717) is 19.7 Å². The van der Waals surface area contributed by atoms with Crippen LogP contribution in [-0.4, -0.2) is 54.8 Å². The molecule has 0 spiro atoms. The van der Waals surface area contributed by atoms with Crippen LogP contribution in [0.5, 0.6) is 5.75 Å². The van der Waals surface area contributed by atoms with Crippen molar-refractivity contribution in [1.82, 2.24) is 15.1 Å². The fourth-order valence-electron chi connectivity index (χ4n) is 3.80. The lowest BCUT2D eigenvalue weighted by atomic mass is 10.1. The van der Waals surface area contributed by atoms with Gasteiger partial charge < -0.3 is 19.7 Å². The van der Waals surface area contributed by atoms with Crippen LogP contribution in [-0.2, 0) is 24.4 Å². The minimum absolute atomic E-state index is 0.000802. The Hall–Kier alpha value is -2.57. The number of nitrogens with one attached hydrogen (secondary N) is 1. The van der Waals surface area contributed by atoms with Gasteiger partial charge in [-0.3, -0.25) is 4.90 Å². The molecule has 2 aliphatic rings. The zero-order valence-electron chi connectivity index (χ0n) is 17.0. The highest BCUT2D eigenvalue weighted by molar-refractivity contribution is 5.74. The maximum Gasteiger partial charge on any atom is 0.318 e. The van der Waals surface area contributed by atoms with E-state index < -0.39 is 0 Å². The lowest BCUT2D eigenvalue weighted by molar-refractivity contribution is 0.0342. The van der Waals surface area contributed by atoms with Crippen LogP contribution in [0.15, 0.2) is 48.5 Å². The first kappa shape index (κ1) is 19.7. The molecule has 0 unspecified atom stereocenters. The summed E-state index contributed by atoms with van der Waals surface area (Å²) in [6.07, 6.45) is 0. The van der Waals surface area contributed by atoms with Gasteiger partial charge in [0.1, 0.15) is 12.4 Å². The summed E-state index contributed by atoms with van der Waals surface area (Å²) in [7, 11) is 0. The van der Waals surface area contributed by atoms with Crippen molar-refractivity contribution in [3.05, 3.63) is 65.2 Å². The van der Waals surface area contributed by atoms with Crippen molar-refractivity contribution in [3.63, 3.8) is 0 Å². The number of hydrogen-bond acceptors (Lipinski definition) is 4. The molecule has 2 amide bonds. The number of nitrogens with zero attached hydrogens (tertiary/aromatic N) is 2. The lowest BCUT2D eigenvalue weighted by Crippen LogP contribution is -2.45. The molecule has 0 bridgehead atoms. The minimum atomic E-state index is -0.0589. The number of benzene rings is 2. The molecule has 1 saturated heterocycles. The van der Waals surface area contributed by atoms with Gasteiger partial charge >= 0.3 is 6.03 Å². The van der Waals surface area contributed by atoms with Crippen LogP contribution < -0.4 is 10.1 Å². The molecule has 1 N–H and O–H groups in total. The highest BCUT2D eigenvalue weighted by Gasteiger charge is 2.26. The standard InChI is InChI=1S/C23H29N3O3/c1-18-17-29-22-8-7-20(15-25-9-11-28-12-10-25)13-21(22)16-26(18)23(27)24-14-19-5-3-2-4-6-19/h2-8,13,18H,9-12,14-17H2,1H3,(H,24,27)/t18-/m0/s1. The van der Waals surface area contributed by atoms with Crippen LogP contribution in [0.1, 0.15) is 23.6 Å². The molecule has 6 heteroatoms. The Bertz CT molecular complexity index is 821. The molecule has 0 aliphatic carbocycles. The highest BCUT2D eigenvalue weighted by Crippen LogP contribution is 2.27. The molecule has 1 atom stereocenters. The second-order valence-corrected chi connectivity index (χ2v) is 7.76. The van der Waals surface area contributed by atoms with Crippen molar-refractivity contribution >= 4 is 6.03 Å². The monoisotopic (exact) mass is 395 g/mol. The molecule has 6 nitrogen and oxygen atoms in total. The second-order valence-electron chi connectivity index (χ2n) is 7.76. The Morgan fingerprint density at radius 1 is 1.10 bits per heavy atom. The van der Waals surface area contributed by atoms with Gasteiger partial charge in [0.05, 0.1) is 25.8 Å². The van der Waals surface area contributed by atoms with Gasteiger partial charge in [0.15, 0.2) is 0 Å². The quantitative estimate of drug-likeness (QED) is 0.865. The van der Waals surface area contributed by atoms with Crippen molar-refractivity contribution < 1.29 is 14.3 Å². The van der Waals surface area contributed by atoms with Crippen LogP contribution in [0.3, 0.4) is 0 Å². The van der Waals surface area contributed by atoms with Crippen molar-refractivity contribution in [2.24, 2.45) is 0 Å². The molecule has 4 rings (SSSR count). The summed E-state index contributed by atoms with van der Waals surface area (Å²) < 4.78 is 11.4. The summed E-state index contributed by atoms with van der Waals surface area (Å²) in [4.78, 5) is 17.2. The largest absolute Gasteiger partial charge is 0.491 e. The van der Waals surface area contributed by atoms with Gasteiger partial charge in [0.2, 0.25) is 0 Å². The van der Waals surface area contributed by atoms with Crippen LogP contribution in [0.25, 0.3) is 0 Å². The van der Waals surface area contributed by atoms with Crippen molar-refractivity contribution in [2.75, 3.05) is 32.9 Å². The fourth-order valence-corrected chi connectivity index (χ4v) is 3.80. The smallest absolute Gasteiger partial charge is 0.318 e. The SMILES string of the molecule is C[C@H]1COc2ccc(CN3CCOCC3)cc2CN1C(=O)NCc1ccccc1. The summed E-state index contributed by atoms with van der Waals surface area (Å²) in [5.74, 6) is 0.876. The number of morpholine rings is 1. The molecule has 2 aliphatic heterocycles. The normalized spacial score (nSPS) is 19.8. The summed E-state index contributed by atoms with van der Waals surface area (Å²) in [6.45, 7) is 7.99. The van der Waals surface area contributed by atoms with Crippen LogP contribution in [0.4, 0.5) is 4.79 Å². The number of carbonyl (C=O) groups excluding carboxylic acids is 1. The summed E-state index contributed by atoms with van der Waals surface area (Å²) in [5, 5.41) is 3.05. The van der Waals surface area contributed by atoms with Gasteiger partial charge in [-0.1, -0.05) is 36.4 Å². The number of fused-ring (bicyclic) bond motifs is 1. The number of urea groups is 1. The van der Waals surface area contributed by atoms with E-state index in [1.807, 2.05) is 48.2 Å². The molecule has 2 aromatic rings. The Labute approximate surface area is 172 Å². The van der Waals surface area contributed by atoms with E-state index in [4.69, 9.17) is 9.47 Å². The zero-order chi connectivity index (χ0) is 20.1. The van der Waals surface area contributed by atoms with Crippen molar-refractivity contribution in [1.29, 1.82) is 0 Å². The number of hydrogen-bond donors (Lipinski definition) is 1. The van der Waals surface area contributed by atoms with Gasteiger partial charge in [-0.15, -0.1) is 0 Å². The number of amides is 2. The first-order valence-electron chi connectivity index (χ1n) is 10.3. The van der Waals surface area contributed by atoms with Gasteiger partial charge in [-0.2, -0.15) is 0 Å². The van der Waals surface area contributed by atoms with E-state index >= 15 is 0 Å². The Morgan fingerprint density at radius 2 is 1.90 bits per heavy atom. The molecular weight excluding hydrogens is 366 g/mol. The average molecular weight is 396 g/mol. The van der Waals surface area contributed by atoms with E-state index in [0.717, 1.165) is 49.7 Å². The maximum atomic E-state index is 12.9. The molecule has 0 aromatic heterocycles. The second kappa shape index (κ2) is 9.29. The molecule has 2 heterocycles. The first-order valence-corrected chi connectivity index (χ1v) is 10.3. The molecule has 0 radical (unpaired) electrons. The summed E-state index contributed by atoms with van der Waals surface area (Å²) in [6, 6.07) is 16.3. The maximum absolute atomic E-state index is 12.9. The molecule has 2 aromatic carbocycles. The van der Waals surface area contributed by atoms with E-state index in [-0.39, 0.29) is 12.1 Å². The van der Waals surface area contributed by atoms with Crippen LogP contribution >= 0.6 is 0 Å². The molecular formula is C23H29N3O3. The third kappa shape index (κ3) is 5.08. The molecule has 29 heavy (non-hydrogen) atoms. The Kier molecular flexibility index (Phi) is 6.32. The Balaban J connectivity index is 1.43. The molecule has 154 valence electrons. The predicted molar refractivity (Wildman–Crippen MR) is 112 cm³/mol. The van der Waals surface area contributed by atoms with Crippen LogP contribution in [0.2, 0.25) is 0 Å². The summed E-state index contributed by atoms with van der Waals surface area (Å²) in [5.41, 5.74) is 3.40. The number of ether oxygens (including phenoxy) is 2. The van der Waals surface area contributed by atoms with Gasteiger partial charge in [0, 0.05) is 31.7 Å². The number of carbonyl (C=O) groups is 1. The third-order valence-electron chi connectivity index (χ3n) is 5.53. The number of rotatable bonds is 4. The van der Waals surface area contributed by atoms with E-state index in [1.165, 1.54) is 5.56 Å². The van der Waals surface area contributed by atoms with Gasteiger partial charge in [0.25, 0.3) is 0 Å². The van der Waals surface area contributed by atoms with Crippen molar-refractivity contribution in [3.8, 4) is 5.75 Å². The predicted octanol–water partition coefficient (Wildman–Crippen LogP) is 3.01. The van der Waals surface area contributed by atoms with E-state index in [1.54, 1.807) is 0 Å². The van der Waals surface area contributed by atoms with Crippen LogP contribution in [0, 0.1) is 0 Å². The lowest BCUT2D eigenvalue weighted by Gasteiger charge is -2.27. The molecule has 0 saturated carbocycles. The third-order valence-corrected chi connectivity index (χ3v) is 5.53. The van der Waals surface area contributed by atoms with Gasteiger partial charge in [-0.25, -0.2) is 4.79 Å². The highest BCUT2D eigenvalue weighted by atomic mass is 16.5. The molecule has 1 fully saturated rings. The van der Waals surface area contributed by atoms with E-state index in [9.17, 15) is 4.79 Å². The average Bonchev–Trinajstić information content (AvgIpc) is 2.92. The topological polar surface area (TPSA) is 54.0 Å².